The van der Waals surface area contributed by atoms with Gasteiger partial charge in [-0.15, -0.1) is 0 Å². The van der Waals surface area contributed by atoms with Gasteiger partial charge in [0.05, 0.1) is 11.6 Å². The Morgan fingerprint density at radius 1 is 1.33 bits per heavy atom. The van der Waals surface area contributed by atoms with Gasteiger partial charge < -0.3 is 16.3 Å². The van der Waals surface area contributed by atoms with Gasteiger partial charge in [-0.25, -0.2) is 9.66 Å². The van der Waals surface area contributed by atoms with E-state index in [2.05, 4.69) is 15.9 Å². The van der Waals surface area contributed by atoms with Gasteiger partial charge in [0.2, 0.25) is 0 Å². The Bertz CT molecular complexity index is 662. The van der Waals surface area contributed by atoms with E-state index in [0.29, 0.717) is 11.7 Å². The first-order valence-electron chi connectivity index (χ1n) is 7.09. The average molecular weight is 351 g/mol. The number of nitrogen functional groups attached to an aromatic ring is 2. The van der Waals surface area contributed by atoms with Gasteiger partial charge in [0.1, 0.15) is 17.3 Å². The lowest BCUT2D eigenvalue weighted by molar-refractivity contribution is 0.412. The molecule has 1 aliphatic rings. The topological polar surface area (TPSA) is 79.1 Å². The number of methoxy groups -OCH3 is 1. The second kappa shape index (κ2) is 5.60. The van der Waals surface area contributed by atoms with Crippen molar-refractivity contribution in [1.29, 1.82) is 0 Å². The van der Waals surface area contributed by atoms with Gasteiger partial charge in [-0.1, -0.05) is 12.8 Å². The molecule has 1 aromatic heterocycles. The normalized spacial score (nSPS) is 15.5. The third-order valence-corrected chi connectivity index (χ3v) is 4.74. The van der Waals surface area contributed by atoms with E-state index in [9.17, 15) is 0 Å². The smallest absolute Gasteiger partial charge is 0.150 e. The van der Waals surface area contributed by atoms with Crippen LogP contribution in [0, 0.1) is 0 Å². The number of benzene rings is 1. The highest BCUT2D eigenvalue weighted by Crippen LogP contribution is 2.37. The molecule has 2 aromatic rings. The Morgan fingerprint density at radius 3 is 2.67 bits per heavy atom. The molecule has 4 N–H and O–H groups in total. The van der Waals surface area contributed by atoms with Gasteiger partial charge in [-0.05, 0) is 47.0 Å². The minimum Gasteiger partial charge on any atom is -0.496 e. The van der Waals surface area contributed by atoms with Crippen molar-refractivity contribution in [1.82, 2.24) is 9.66 Å². The molecule has 0 atom stereocenters. The van der Waals surface area contributed by atoms with Crippen molar-refractivity contribution in [2.45, 2.75) is 31.6 Å². The zero-order chi connectivity index (χ0) is 15.0. The summed E-state index contributed by atoms with van der Waals surface area (Å²) in [4.78, 5) is 4.71. The van der Waals surface area contributed by atoms with Crippen molar-refractivity contribution in [3.05, 3.63) is 28.5 Å². The van der Waals surface area contributed by atoms with Crippen LogP contribution < -0.4 is 16.3 Å². The van der Waals surface area contributed by atoms with Crippen LogP contribution in [0.1, 0.15) is 37.4 Å². The van der Waals surface area contributed by atoms with Crippen LogP contribution in [0.5, 0.6) is 5.75 Å². The van der Waals surface area contributed by atoms with Gasteiger partial charge in [-0.2, -0.15) is 0 Å². The molecule has 1 fully saturated rings. The first-order valence-corrected chi connectivity index (χ1v) is 7.88. The summed E-state index contributed by atoms with van der Waals surface area (Å²) in [6, 6.07) is 5.79. The number of halogens is 1. The van der Waals surface area contributed by atoms with E-state index >= 15 is 0 Å². The zero-order valence-corrected chi connectivity index (χ0v) is 13.6. The minimum atomic E-state index is 0.424. The number of nitrogens with zero attached hydrogens (tertiary/aromatic N) is 2. The molecule has 21 heavy (non-hydrogen) atoms. The maximum absolute atomic E-state index is 6.15. The van der Waals surface area contributed by atoms with Gasteiger partial charge in [0, 0.05) is 11.5 Å². The van der Waals surface area contributed by atoms with Gasteiger partial charge in [0.15, 0.2) is 5.82 Å². The fourth-order valence-corrected chi connectivity index (χ4v) is 3.50. The molecule has 1 aliphatic carbocycles. The minimum absolute atomic E-state index is 0.424. The predicted molar refractivity (Wildman–Crippen MR) is 87.7 cm³/mol. The molecular formula is C15H19BrN4O. The van der Waals surface area contributed by atoms with Crippen molar-refractivity contribution in [3.63, 3.8) is 0 Å². The second-order valence-corrected chi connectivity index (χ2v) is 6.26. The Morgan fingerprint density at radius 2 is 2.05 bits per heavy atom. The predicted octanol–water partition coefficient (Wildman–Crippen LogP) is 3.27. The van der Waals surface area contributed by atoms with E-state index in [-0.39, 0.29) is 0 Å². The molecule has 1 heterocycles. The Labute approximate surface area is 132 Å². The van der Waals surface area contributed by atoms with Crippen molar-refractivity contribution < 1.29 is 4.74 Å². The highest BCUT2D eigenvalue weighted by atomic mass is 79.9. The molecule has 1 saturated carbocycles. The number of hydrogen-bond acceptors (Lipinski definition) is 4. The van der Waals surface area contributed by atoms with Crippen LogP contribution >= 0.6 is 15.9 Å². The van der Waals surface area contributed by atoms with Crippen LogP contribution in [0.25, 0.3) is 11.3 Å². The molecule has 0 saturated heterocycles. The third-order valence-electron chi connectivity index (χ3n) is 4.12. The van der Waals surface area contributed by atoms with E-state index in [1.165, 1.54) is 12.8 Å². The quantitative estimate of drug-likeness (QED) is 0.832. The summed E-state index contributed by atoms with van der Waals surface area (Å²) in [6.07, 6.45) is 4.75. The fourth-order valence-electron chi connectivity index (χ4n) is 2.96. The second-order valence-electron chi connectivity index (χ2n) is 5.40. The highest BCUT2D eigenvalue weighted by molar-refractivity contribution is 9.10. The Hall–Kier alpha value is -1.69. The first kappa shape index (κ1) is 14.3. The summed E-state index contributed by atoms with van der Waals surface area (Å²) in [5, 5.41) is 0. The summed E-state index contributed by atoms with van der Waals surface area (Å²) >= 11 is 3.49. The van der Waals surface area contributed by atoms with E-state index in [4.69, 9.17) is 21.3 Å². The van der Waals surface area contributed by atoms with E-state index < -0.39 is 0 Å². The molecule has 0 bridgehead atoms. The van der Waals surface area contributed by atoms with Crippen LogP contribution in [-0.2, 0) is 0 Å². The van der Waals surface area contributed by atoms with E-state index in [0.717, 1.165) is 40.1 Å². The number of aromatic nitrogens is 2. The molecule has 0 spiro atoms. The Balaban J connectivity index is 2.02. The van der Waals surface area contributed by atoms with Crippen molar-refractivity contribution in [2.24, 2.45) is 0 Å². The van der Waals surface area contributed by atoms with Crippen molar-refractivity contribution >= 4 is 21.7 Å². The highest BCUT2D eigenvalue weighted by Gasteiger charge is 2.25. The van der Waals surface area contributed by atoms with E-state index in [1.54, 1.807) is 11.8 Å². The summed E-state index contributed by atoms with van der Waals surface area (Å²) in [5.74, 6) is 8.71. The maximum Gasteiger partial charge on any atom is 0.150 e. The molecule has 0 unspecified atom stereocenters. The molecule has 0 radical (unpaired) electrons. The molecule has 6 heteroatoms. The molecule has 5 nitrogen and oxygen atoms in total. The molecular weight excluding hydrogens is 332 g/mol. The lowest BCUT2D eigenvalue weighted by atomic mass is 10.1. The number of rotatable bonds is 3. The van der Waals surface area contributed by atoms with Crippen LogP contribution in [0.3, 0.4) is 0 Å². The lowest BCUT2D eigenvalue weighted by Gasteiger charge is -2.08. The number of imidazole rings is 1. The summed E-state index contributed by atoms with van der Waals surface area (Å²) in [5.41, 5.74) is 7.83. The largest absolute Gasteiger partial charge is 0.496 e. The summed E-state index contributed by atoms with van der Waals surface area (Å²) < 4.78 is 7.66. The van der Waals surface area contributed by atoms with Crippen molar-refractivity contribution in [2.75, 3.05) is 18.7 Å². The molecule has 1 aromatic carbocycles. The number of ether oxygens (including phenoxy) is 1. The Kier molecular flexibility index (Phi) is 3.80. The number of hydrogen-bond donors (Lipinski definition) is 2. The lowest BCUT2D eigenvalue weighted by Crippen LogP contribution is -2.17. The SMILES string of the molecule is COc1ccc(-c2nc(C3CCCC3)n(N)c2N)cc1Br. The van der Waals surface area contributed by atoms with Crippen LogP contribution in [0.15, 0.2) is 22.7 Å². The molecule has 0 aliphatic heterocycles. The average Bonchev–Trinajstić information content (AvgIpc) is 3.09. The molecule has 0 amide bonds. The third kappa shape index (κ3) is 2.48. The van der Waals surface area contributed by atoms with Crippen LogP contribution in [0.4, 0.5) is 5.82 Å². The molecule has 112 valence electrons. The maximum atomic E-state index is 6.15. The first-order chi connectivity index (χ1) is 10.1. The monoisotopic (exact) mass is 350 g/mol. The van der Waals surface area contributed by atoms with Crippen LogP contribution in [0.2, 0.25) is 0 Å². The van der Waals surface area contributed by atoms with Gasteiger partial charge in [0.25, 0.3) is 0 Å². The van der Waals surface area contributed by atoms with Gasteiger partial charge >= 0.3 is 0 Å². The van der Waals surface area contributed by atoms with Crippen LogP contribution in [-0.4, -0.2) is 16.8 Å². The van der Waals surface area contributed by atoms with Gasteiger partial charge in [-0.3, -0.25) is 0 Å². The molecule has 3 rings (SSSR count). The summed E-state index contributed by atoms with van der Waals surface area (Å²) in [6.45, 7) is 0. The summed E-state index contributed by atoms with van der Waals surface area (Å²) in [7, 11) is 1.64. The van der Waals surface area contributed by atoms with E-state index in [1.807, 2.05) is 18.2 Å². The standard InChI is InChI=1S/C15H19BrN4O/c1-21-12-7-6-10(8-11(12)16)13-14(17)20(18)15(19-13)9-4-2-3-5-9/h6-9H,2-5,17-18H2,1H3. The number of anilines is 1. The fraction of sp³-hybridized carbons (Fsp3) is 0.400. The zero-order valence-electron chi connectivity index (χ0n) is 12.0. The van der Waals surface area contributed by atoms with Crippen molar-refractivity contribution in [3.8, 4) is 17.0 Å². The number of nitrogens with two attached hydrogens (primary N) is 2.